The molecule has 33 heavy (non-hydrogen) atoms. The molecule has 2 fully saturated rings. The zero-order valence-corrected chi connectivity index (χ0v) is 19.6. The second kappa shape index (κ2) is 9.07. The zero-order chi connectivity index (χ0) is 22.9. The maximum atomic E-state index is 10.1. The number of fused-ring (bicyclic) bond motifs is 1. The average molecular weight is 449 g/mol. The van der Waals surface area contributed by atoms with Crippen molar-refractivity contribution in [3.63, 3.8) is 0 Å². The highest BCUT2D eigenvalue weighted by Crippen LogP contribution is 2.30. The Morgan fingerprint density at radius 2 is 1.73 bits per heavy atom. The zero-order valence-electron chi connectivity index (χ0n) is 19.6. The Hall–Kier alpha value is -3.04. The molecule has 3 aromatic heterocycles. The van der Waals surface area contributed by atoms with E-state index in [2.05, 4.69) is 38.1 Å². The molecule has 3 aromatic rings. The van der Waals surface area contributed by atoms with Gasteiger partial charge in [0.05, 0.1) is 23.2 Å². The van der Waals surface area contributed by atoms with Crippen LogP contribution in [0, 0.1) is 6.92 Å². The summed E-state index contributed by atoms with van der Waals surface area (Å²) in [7, 11) is 2.16. The second-order valence-corrected chi connectivity index (χ2v) is 9.09. The highest BCUT2D eigenvalue weighted by Gasteiger charge is 2.21. The molecule has 0 amide bonds. The summed E-state index contributed by atoms with van der Waals surface area (Å²) in [6.07, 6.45) is 3.44. The van der Waals surface area contributed by atoms with Crippen LogP contribution in [0.1, 0.15) is 37.3 Å². The van der Waals surface area contributed by atoms with E-state index in [1.54, 1.807) is 13.1 Å². The van der Waals surface area contributed by atoms with Gasteiger partial charge in [-0.05, 0) is 51.9 Å². The molecule has 9 nitrogen and oxygen atoms in total. The minimum Gasteiger partial charge on any atom is -0.387 e. The molecule has 9 heteroatoms. The van der Waals surface area contributed by atoms with Crippen molar-refractivity contribution in [3.8, 4) is 0 Å². The molecule has 0 aliphatic carbocycles. The van der Waals surface area contributed by atoms with Gasteiger partial charge in [-0.2, -0.15) is 0 Å². The molecule has 0 aromatic carbocycles. The third-order valence-electron chi connectivity index (χ3n) is 6.54. The molecule has 5 rings (SSSR count). The fraction of sp³-hybridized carbons (Fsp3) is 0.500. The molecule has 0 bridgehead atoms. The summed E-state index contributed by atoms with van der Waals surface area (Å²) in [5.74, 6) is 2.04. The van der Waals surface area contributed by atoms with Crippen molar-refractivity contribution >= 4 is 34.2 Å². The van der Waals surface area contributed by atoms with Crippen LogP contribution < -0.4 is 15.1 Å². The molecule has 0 radical (unpaired) electrons. The van der Waals surface area contributed by atoms with Gasteiger partial charge in [-0.15, -0.1) is 0 Å². The number of nitrogens with zero attached hydrogens (tertiary/aromatic N) is 7. The lowest BCUT2D eigenvalue weighted by Crippen LogP contribution is -2.44. The number of aromatic nitrogens is 4. The number of rotatable bonds is 5. The van der Waals surface area contributed by atoms with E-state index in [-0.39, 0.29) is 0 Å². The number of nitrogens with one attached hydrogen (secondary N) is 1. The van der Waals surface area contributed by atoms with E-state index < -0.39 is 6.10 Å². The fourth-order valence-electron chi connectivity index (χ4n) is 4.59. The van der Waals surface area contributed by atoms with Crippen molar-refractivity contribution in [3.05, 3.63) is 35.8 Å². The highest BCUT2D eigenvalue weighted by atomic mass is 16.3. The summed E-state index contributed by atoms with van der Waals surface area (Å²) in [5, 5.41) is 14.3. The van der Waals surface area contributed by atoms with Crippen LogP contribution in [-0.4, -0.2) is 76.3 Å². The predicted molar refractivity (Wildman–Crippen MR) is 131 cm³/mol. The second-order valence-electron chi connectivity index (χ2n) is 9.09. The first-order valence-corrected chi connectivity index (χ1v) is 11.8. The van der Waals surface area contributed by atoms with E-state index in [9.17, 15) is 5.11 Å². The van der Waals surface area contributed by atoms with Crippen LogP contribution in [0.15, 0.2) is 24.4 Å². The van der Waals surface area contributed by atoms with Crippen molar-refractivity contribution in [1.29, 1.82) is 0 Å². The van der Waals surface area contributed by atoms with Crippen molar-refractivity contribution in [2.75, 3.05) is 61.4 Å². The number of piperazine rings is 1. The van der Waals surface area contributed by atoms with E-state index in [0.717, 1.165) is 80.3 Å². The van der Waals surface area contributed by atoms with Crippen LogP contribution >= 0.6 is 0 Å². The maximum absolute atomic E-state index is 10.1. The molecule has 0 saturated carbocycles. The first kappa shape index (κ1) is 21.8. The van der Waals surface area contributed by atoms with E-state index in [4.69, 9.17) is 15.0 Å². The molecular weight excluding hydrogens is 416 g/mol. The monoisotopic (exact) mass is 448 g/mol. The summed E-state index contributed by atoms with van der Waals surface area (Å²) in [6.45, 7) is 9.84. The Morgan fingerprint density at radius 1 is 0.970 bits per heavy atom. The van der Waals surface area contributed by atoms with Crippen molar-refractivity contribution < 1.29 is 5.11 Å². The summed E-state index contributed by atoms with van der Waals surface area (Å²) in [6, 6.07) is 5.99. The summed E-state index contributed by atoms with van der Waals surface area (Å²) in [5.41, 5.74) is 3.61. The van der Waals surface area contributed by atoms with E-state index in [0.29, 0.717) is 11.6 Å². The van der Waals surface area contributed by atoms with E-state index >= 15 is 0 Å². The molecule has 5 heterocycles. The molecule has 0 spiro atoms. The molecule has 2 aliphatic rings. The smallest absolute Gasteiger partial charge is 0.229 e. The largest absolute Gasteiger partial charge is 0.387 e. The average Bonchev–Trinajstić information content (AvgIpc) is 3.34. The van der Waals surface area contributed by atoms with Gasteiger partial charge >= 0.3 is 0 Å². The fourth-order valence-corrected chi connectivity index (χ4v) is 4.59. The predicted octanol–water partition coefficient (Wildman–Crippen LogP) is 2.88. The Kier molecular flexibility index (Phi) is 5.99. The summed E-state index contributed by atoms with van der Waals surface area (Å²) < 4.78 is 0. The number of aryl methyl sites for hydroxylation is 1. The first-order valence-electron chi connectivity index (χ1n) is 11.8. The molecule has 2 N–H and O–H groups in total. The lowest BCUT2D eigenvalue weighted by Gasteiger charge is -2.34. The Balaban J connectivity index is 1.42. The normalized spacial score (nSPS) is 18.2. The van der Waals surface area contributed by atoms with Crippen molar-refractivity contribution in [1.82, 2.24) is 24.8 Å². The number of aliphatic hydroxyl groups excluding tert-OH is 1. The van der Waals surface area contributed by atoms with Crippen LogP contribution in [0.5, 0.6) is 0 Å². The molecule has 1 atom stereocenters. The van der Waals surface area contributed by atoms with Gasteiger partial charge < -0.3 is 25.1 Å². The van der Waals surface area contributed by atoms with Gasteiger partial charge in [0.1, 0.15) is 11.3 Å². The third kappa shape index (κ3) is 4.56. The number of hydrogen-bond donors (Lipinski definition) is 2. The topological polar surface area (TPSA) is 93.5 Å². The van der Waals surface area contributed by atoms with Gasteiger partial charge in [0.2, 0.25) is 5.95 Å². The van der Waals surface area contributed by atoms with E-state index in [1.165, 1.54) is 5.69 Å². The lowest BCUT2D eigenvalue weighted by atomic mass is 10.2. The van der Waals surface area contributed by atoms with Crippen molar-refractivity contribution in [2.45, 2.75) is 32.8 Å². The molecular formula is C24H32N8O. The standard InChI is InChI=1S/C24H32N8O/c1-16-20(31-12-10-30(3)11-13-31)6-7-21(26-16)28-24-25-15-18-14-19(17(2)33)27-23(22(18)29-24)32-8-4-5-9-32/h6-7,14-15,17,33H,4-5,8-13H2,1-3H3,(H,25,26,28,29). The number of aliphatic hydroxyl groups is 1. The minimum absolute atomic E-state index is 0.494. The molecule has 2 aliphatic heterocycles. The highest BCUT2D eigenvalue weighted by molar-refractivity contribution is 5.89. The van der Waals surface area contributed by atoms with Gasteiger partial charge in [-0.3, -0.25) is 0 Å². The summed E-state index contributed by atoms with van der Waals surface area (Å²) >= 11 is 0. The Morgan fingerprint density at radius 3 is 2.42 bits per heavy atom. The van der Waals surface area contributed by atoms with Crippen LogP contribution in [0.3, 0.4) is 0 Å². The van der Waals surface area contributed by atoms with Crippen LogP contribution in [0.2, 0.25) is 0 Å². The third-order valence-corrected chi connectivity index (χ3v) is 6.54. The Labute approximate surface area is 194 Å². The lowest BCUT2D eigenvalue weighted by molar-refractivity contribution is 0.194. The molecule has 174 valence electrons. The van der Waals surface area contributed by atoms with Gasteiger partial charge in [0, 0.05) is 50.9 Å². The molecule has 2 saturated heterocycles. The van der Waals surface area contributed by atoms with Gasteiger partial charge in [0.15, 0.2) is 5.82 Å². The number of pyridine rings is 2. The number of hydrogen-bond acceptors (Lipinski definition) is 9. The minimum atomic E-state index is -0.639. The number of likely N-dealkylation sites (N-methyl/N-ethyl adjacent to an activating group) is 1. The summed E-state index contributed by atoms with van der Waals surface area (Å²) in [4.78, 5) is 25.8. The van der Waals surface area contributed by atoms with Crippen LogP contribution in [-0.2, 0) is 0 Å². The number of anilines is 4. The SMILES string of the molecule is Cc1nc(Nc2ncc3cc(C(C)O)nc(N4CCCC4)c3n2)ccc1N1CCN(C)CC1. The van der Waals surface area contributed by atoms with Crippen LogP contribution in [0.4, 0.5) is 23.3 Å². The molecule has 1 unspecified atom stereocenters. The van der Waals surface area contributed by atoms with E-state index in [1.807, 2.05) is 19.1 Å². The van der Waals surface area contributed by atoms with Crippen molar-refractivity contribution in [2.24, 2.45) is 0 Å². The van der Waals surface area contributed by atoms with Gasteiger partial charge in [-0.25, -0.2) is 19.9 Å². The van der Waals surface area contributed by atoms with Crippen LogP contribution in [0.25, 0.3) is 10.9 Å². The van der Waals surface area contributed by atoms with Gasteiger partial charge in [-0.1, -0.05) is 0 Å². The maximum Gasteiger partial charge on any atom is 0.229 e. The Bertz CT molecular complexity index is 1140. The van der Waals surface area contributed by atoms with Gasteiger partial charge in [0.25, 0.3) is 0 Å². The quantitative estimate of drug-likeness (QED) is 0.611. The first-order chi connectivity index (χ1) is 16.0.